The molecule has 1 aliphatic carbocycles. The maximum Gasteiger partial charge on any atom is 0.251 e. The maximum absolute atomic E-state index is 14.1. The molecule has 0 unspecified atom stereocenters. The van der Waals surface area contributed by atoms with Gasteiger partial charge in [0, 0.05) is 30.3 Å². The number of carbonyl (C=O) groups excluding carboxylic acids is 1. The second-order valence-electron chi connectivity index (χ2n) is 12.8. The van der Waals surface area contributed by atoms with Crippen LogP contribution < -0.4 is 10.6 Å². The number of halogens is 3. The van der Waals surface area contributed by atoms with Crippen LogP contribution in [0.4, 0.5) is 8.78 Å². The van der Waals surface area contributed by atoms with Gasteiger partial charge in [0.1, 0.15) is 11.6 Å². The van der Waals surface area contributed by atoms with Gasteiger partial charge in [-0.25, -0.2) is 8.78 Å². The van der Waals surface area contributed by atoms with Crippen LogP contribution >= 0.6 is 12.4 Å². The number of nitrogens with one attached hydrogen (secondary N) is 2. The fourth-order valence-corrected chi connectivity index (χ4v) is 5.70. The Morgan fingerprint density at radius 3 is 2.34 bits per heavy atom. The van der Waals surface area contributed by atoms with Crippen molar-refractivity contribution in [1.82, 2.24) is 15.5 Å². The van der Waals surface area contributed by atoms with E-state index in [1.807, 2.05) is 19.1 Å². The summed E-state index contributed by atoms with van der Waals surface area (Å²) in [6.45, 7) is 10.4. The summed E-state index contributed by atoms with van der Waals surface area (Å²) < 4.78 is 28.1. The molecular weight excluding hydrogens is 580 g/mol. The first kappa shape index (κ1) is 35.6. The maximum atomic E-state index is 14.1. The molecule has 44 heavy (non-hydrogen) atoms. The lowest BCUT2D eigenvalue weighted by Crippen LogP contribution is -2.50. The normalized spacial score (nSPS) is 15.1. The standard InChI is InChI=1S/C36H47F2N3O2.ClH/c1-6-26-8-7-9-30(17-26)36(11-12-36)39-22-34(42)33(20-27-18-31(37)21-32(38)19-27)40-35(43)29-15-25(4)14-28(16-29)23-41(5)13-10-24(2)3;/h7-9,14-19,21,24,33-34,39,42H,6,10-13,20,22-23H2,1-5H3,(H,40,43);1H/t33-,34-;/m0./s1. The van der Waals surface area contributed by atoms with Gasteiger partial charge < -0.3 is 20.6 Å². The molecule has 3 N–H and O–H groups in total. The summed E-state index contributed by atoms with van der Waals surface area (Å²) >= 11 is 0. The molecule has 3 aromatic rings. The number of rotatable bonds is 15. The first-order valence-corrected chi connectivity index (χ1v) is 15.5. The van der Waals surface area contributed by atoms with Crippen molar-refractivity contribution in [2.75, 3.05) is 20.1 Å². The molecule has 1 fully saturated rings. The summed E-state index contributed by atoms with van der Waals surface area (Å²) in [5, 5.41) is 17.9. The summed E-state index contributed by atoms with van der Waals surface area (Å²) in [6.07, 6.45) is 3.04. The van der Waals surface area contributed by atoms with Gasteiger partial charge in [0.2, 0.25) is 0 Å². The van der Waals surface area contributed by atoms with E-state index in [-0.39, 0.29) is 36.8 Å². The molecule has 1 aliphatic rings. The highest BCUT2D eigenvalue weighted by atomic mass is 35.5. The number of carbonyl (C=O) groups is 1. The van der Waals surface area contributed by atoms with Crippen molar-refractivity contribution in [3.63, 3.8) is 0 Å². The fraction of sp³-hybridized carbons (Fsp3) is 0.472. The van der Waals surface area contributed by atoms with Crippen molar-refractivity contribution in [3.8, 4) is 0 Å². The third-order valence-electron chi connectivity index (χ3n) is 8.39. The van der Waals surface area contributed by atoms with E-state index in [2.05, 4.69) is 73.7 Å². The molecule has 1 saturated carbocycles. The first-order valence-electron chi connectivity index (χ1n) is 15.5. The smallest absolute Gasteiger partial charge is 0.251 e. The summed E-state index contributed by atoms with van der Waals surface area (Å²) in [5.41, 5.74) is 5.11. The lowest BCUT2D eigenvalue weighted by atomic mass is 9.97. The molecule has 1 amide bonds. The van der Waals surface area contributed by atoms with E-state index in [1.165, 1.54) is 23.3 Å². The molecular formula is C36H48ClF2N3O2. The average molecular weight is 628 g/mol. The van der Waals surface area contributed by atoms with Crippen molar-refractivity contribution in [1.29, 1.82) is 0 Å². The van der Waals surface area contributed by atoms with Gasteiger partial charge >= 0.3 is 0 Å². The zero-order valence-corrected chi connectivity index (χ0v) is 27.4. The predicted octanol–water partition coefficient (Wildman–Crippen LogP) is 6.72. The van der Waals surface area contributed by atoms with Gasteiger partial charge in [-0.05, 0) is 105 Å². The van der Waals surface area contributed by atoms with Gasteiger partial charge in [0.05, 0.1) is 12.1 Å². The molecule has 2 atom stereocenters. The second kappa shape index (κ2) is 15.9. The third kappa shape index (κ3) is 10.1. The van der Waals surface area contributed by atoms with Crippen LogP contribution in [-0.2, 0) is 24.9 Å². The number of aliphatic hydroxyl groups excluding tert-OH is 1. The summed E-state index contributed by atoms with van der Waals surface area (Å²) in [4.78, 5) is 15.8. The monoisotopic (exact) mass is 627 g/mol. The highest BCUT2D eigenvalue weighted by molar-refractivity contribution is 5.94. The average Bonchev–Trinajstić information content (AvgIpc) is 3.75. The molecule has 0 heterocycles. The largest absolute Gasteiger partial charge is 0.390 e. The molecule has 0 saturated heterocycles. The van der Waals surface area contributed by atoms with Crippen molar-refractivity contribution in [2.24, 2.45) is 5.92 Å². The molecule has 0 spiro atoms. The minimum atomic E-state index is -0.992. The van der Waals surface area contributed by atoms with Gasteiger partial charge in [0.25, 0.3) is 5.91 Å². The lowest BCUT2D eigenvalue weighted by molar-refractivity contribution is 0.0821. The van der Waals surface area contributed by atoms with E-state index in [0.29, 0.717) is 23.6 Å². The number of amides is 1. The molecule has 5 nitrogen and oxygen atoms in total. The number of hydrogen-bond acceptors (Lipinski definition) is 4. The lowest BCUT2D eigenvalue weighted by Gasteiger charge is -2.28. The predicted molar refractivity (Wildman–Crippen MR) is 176 cm³/mol. The molecule has 0 bridgehead atoms. The molecule has 4 rings (SSSR count). The van der Waals surface area contributed by atoms with Crippen molar-refractivity contribution in [3.05, 3.63) is 106 Å². The second-order valence-corrected chi connectivity index (χ2v) is 12.8. The molecule has 8 heteroatoms. The van der Waals surface area contributed by atoms with Gasteiger partial charge in [0.15, 0.2) is 0 Å². The fourth-order valence-electron chi connectivity index (χ4n) is 5.70. The Balaban J connectivity index is 0.00000529. The van der Waals surface area contributed by atoms with Crippen LogP contribution in [0.3, 0.4) is 0 Å². The first-order chi connectivity index (χ1) is 20.5. The Bertz CT molecular complexity index is 1380. The van der Waals surface area contributed by atoms with Crippen molar-refractivity contribution >= 4 is 18.3 Å². The van der Waals surface area contributed by atoms with E-state index in [0.717, 1.165) is 49.4 Å². The Morgan fingerprint density at radius 1 is 1.00 bits per heavy atom. The zero-order valence-electron chi connectivity index (χ0n) is 26.6. The van der Waals surface area contributed by atoms with Crippen molar-refractivity contribution in [2.45, 2.75) is 84.0 Å². The zero-order chi connectivity index (χ0) is 31.1. The third-order valence-corrected chi connectivity index (χ3v) is 8.39. The molecule has 0 aromatic heterocycles. The van der Waals surface area contributed by atoms with Crippen LogP contribution in [0, 0.1) is 24.5 Å². The quantitative estimate of drug-likeness (QED) is 0.175. The van der Waals surface area contributed by atoms with E-state index in [4.69, 9.17) is 0 Å². The van der Waals surface area contributed by atoms with Gasteiger partial charge in [-0.15, -0.1) is 12.4 Å². The SMILES string of the molecule is CCc1cccc(C2(NC[C@H](O)[C@H](Cc3cc(F)cc(F)c3)NC(=O)c3cc(C)cc(CN(C)CCC(C)C)c3)CC2)c1.Cl. The Kier molecular flexibility index (Phi) is 12.9. The summed E-state index contributed by atoms with van der Waals surface area (Å²) in [5.74, 6) is -1.09. The number of aryl methyl sites for hydroxylation is 2. The van der Waals surface area contributed by atoms with Crippen LogP contribution in [0.25, 0.3) is 0 Å². The molecule has 0 aliphatic heterocycles. The summed E-state index contributed by atoms with van der Waals surface area (Å²) in [6, 6.07) is 16.8. The van der Waals surface area contributed by atoms with Crippen LogP contribution in [0.1, 0.15) is 78.2 Å². The van der Waals surface area contributed by atoms with Crippen LogP contribution in [0.15, 0.2) is 60.7 Å². The molecule has 0 radical (unpaired) electrons. The Hall–Kier alpha value is -2.84. The van der Waals surface area contributed by atoms with E-state index < -0.39 is 23.8 Å². The van der Waals surface area contributed by atoms with Crippen LogP contribution in [-0.4, -0.2) is 48.2 Å². The van der Waals surface area contributed by atoms with Gasteiger partial charge in [-0.2, -0.15) is 0 Å². The highest BCUT2D eigenvalue weighted by Crippen LogP contribution is 2.45. The minimum absolute atomic E-state index is 0. The van der Waals surface area contributed by atoms with E-state index in [9.17, 15) is 18.7 Å². The summed E-state index contributed by atoms with van der Waals surface area (Å²) in [7, 11) is 2.08. The number of nitrogens with zero attached hydrogens (tertiary/aromatic N) is 1. The van der Waals surface area contributed by atoms with E-state index >= 15 is 0 Å². The highest BCUT2D eigenvalue weighted by Gasteiger charge is 2.44. The van der Waals surface area contributed by atoms with Gasteiger partial charge in [-0.3, -0.25) is 4.79 Å². The number of benzene rings is 3. The van der Waals surface area contributed by atoms with Gasteiger partial charge in [-0.1, -0.05) is 56.7 Å². The number of aliphatic hydroxyl groups is 1. The minimum Gasteiger partial charge on any atom is -0.390 e. The topological polar surface area (TPSA) is 64.6 Å². The molecule has 3 aromatic carbocycles. The van der Waals surface area contributed by atoms with Crippen molar-refractivity contribution < 1.29 is 18.7 Å². The molecule has 240 valence electrons. The Morgan fingerprint density at radius 2 is 1.70 bits per heavy atom. The van der Waals surface area contributed by atoms with Crippen LogP contribution in [0.2, 0.25) is 0 Å². The Labute approximate surface area is 267 Å². The van der Waals surface area contributed by atoms with Crippen LogP contribution in [0.5, 0.6) is 0 Å². The number of hydrogen-bond donors (Lipinski definition) is 3. The van der Waals surface area contributed by atoms with E-state index in [1.54, 1.807) is 0 Å².